The van der Waals surface area contributed by atoms with Crippen molar-refractivity contribution in [1.29, 1.82) is 5.26 Å². The van der Waals surface area contributed by atoms with Gasteiger partial charge in [-0.1, -0.05) is 0 Å². The van der Waals surface area contributed by atoms with E-state index in [1.165, 1.54) is 0 Å². The van der Waals surface area contributed by atoms with Gasteiger partial charge in [0.15, 0.2) is 0 Å². The molecule has 0 aliphatic carbocycles. The van der Waals surface area contributed by atoms with Gasteiger partial charge in [0, 0.05) is 36.3 Å². The third kappa shape index (κ3) is 2.77. The van der Waals surface area contributed by atoms with Crippen LogP contribution in [0.3, 0.4) is 0 Å². The van der Waals surface area contributed by atoms with Crippen LogP contribution in [0.5, 0.6) is 5.75 Å². The maximum absolute atomic E-state index is 9.36. The SMILES string of the molecule is COc1ccc2c(c1)c(C(C#N)NCCCO)cn2C. The normalized spacial score (nSPS) is 12.3. The van der Waals surface area contributed by atoms with Gasteiger partial charge in [-0.2, -0.15) is 5.26 Å². The van der Waals surface area contributed by atoms with Gasteiger partial charge in [0.2, 0.25) is 0 Å². The van der Waals surface area contributed by atoms with Crippen molar-refractivity contribution in [2.75, 3.05) is 20.3 Å². The van der Waals surface area contributed by atoms with Crippen LogP contribution in [0.15, 0.2) is 24.4 Å². The van der Waals surface area contributed by atoms with Crippen LogP contribution < -0.4 is 10.1 Å². The van der Waals surface area contributed by atoms with Crippen molar-refractivity contribution in [2.45, 2.75) is 12.5 Å². The molecule has 1 heterocycles. The number of methoxy groups -OCH3 is 1. The third-order valence-electron chi connectivity index (χ3n) is 3.35. The lowest BCUT2D eigenvalue weighted by Crippen LogP contribution is -2.21. The molecule has 0 radical (unpaired) electrons. The summed E-state index contributed by atoms with van der Waals surface area (Å²) in [5.41, 5.74) is 1.99. The molecule has 5 nitrogen and oxygen atoms in total. The molecule has 2 rings (SSSR count). The van der Waals surface area contributed by atoms with Gasteiger partial charge in [-0.3, -0.25) is 5.32 Å². The van der Waals surface area contributed by atoms with Crippen LogP contribution in [-0.2, 0) is 7.05 Å². The van der Waals surface area contributed by atoms with Crippen LogP contribution in [0, 0.1) is 11.3 Å². The van der Waals surface area contributed by atoms with Gasteiger partial charge in [-0.25, -0.2) is 0 Å². The van der Waals surface area contributed by atoms with E-state index in [4.69, 9.17) is 9.84 Å². The molecular weight excluding hydrogens is 254 g/mol. The Morgan fingerprint density at radius 2 is 2.30 bits per heavy atom. The second kappa shape index (κ2) is 6.42. The highest BCUT2D eigenvalue weighted by Gasteiger charge is 2.16. The predicted octanol–water partition coefficient (Wildman–Crippen LogP) is 1.72. The minimum absolute atomic E-state index is 0.120. The molecule has 106 valence electrons. The van der Waals surface area contributed by atoms with Crippen molar-refractivity contribution in [3.63, 3.8) is 0 Å². The van der Waals surface area contributed by atoms with Crippen molar-refractivity contribution in [1.82, 2.24) is 9.88 Å². The zero-order valence-electron chi connectivity index (χ0n) is 11.8. The van der Waals surface area contributed by atoms with Crippen LogP contribution in [0.1, 0.15) is 18.0 Å². The maximum Gasteiger partial charge on any atom is 0.123 e. The van der Waals surface area contributed by atoms with Crippen molar-refractivity contribution in [2.24, 2.45) is 7.05 Å². The Balaban J connectivity index is 2.39. The number of aryl methyl sites for hydroxylation is 1. The average molecular weight is 273 g/mol. The molecule has 2 aromatic rings. The fraction of sp³-hybridized carbons (Fsp3) is 0.400. The minimum Gasteiger partial charge on any atom is -0.497 e. The summed E-state index contributed by atoms with van der Waals surface area (Å²) in [5.74, 6) is 0.775. The molecule has 5 heteroatoms. The maximum atomic E-state index is 9.36. The molecule has 0 bridgehead atoms. The number of nitrogens with zero attached hydrogens (tertiary/aromatic N) is 2. The molecular formula is C15H19N3O2. The topological polar surface area (TPSA) is 70.2 Å². The second-order valence-corrected chi connectivity index (χ2v) is 4.67. The van der Waals surface area contributed by atoms with E-state index in [0.717, 1.165) is 22.2 Å². The lowest BCUT2D eigenvalue weighted by Gasteiger charge is -2.10. The first-order valence-corrected chi connectivity index (χ1v) is 6.58. The van der Waals surface area contributed by atoms with Gasteiger partial charge in [-0.05, 0) is 31.2 Å². The number of hydrogen-bond donors (Lipinski definition) is 2. The quantitative estimate of drug-likeness (QED) is 0.786. The highest BCUT2D eigenvalue weighted by Crippen LogP contribution is 2.29. The summed E-state index contributed by atoms with van der Waals surface area (Å²) in [6.45, 7) is 0.726. The standard InChI is InChI=1S/C15H19N3O2/c1-18-10-13(14(9-16)17-6-3-7-19)12-8-11(20-2)4-5-15(12)18/h4-5,8,10,14,17,19H,3,6-7H2,1-2H3. The molecule has 1 aromatic heterocycles. The molecule has 0 spiro atoms. The number of nitriles is 1. The Hall–Kier alpha value is -2.03. The van der Waals surface area contributed by atoms with Gasteiger partial charge in [0.25, 0.3) is 0 Å². The molecule has 2 N–H and O–H groups in total. The van der Waals surface area contributed by atoms with Gasteiger partial charge >= 0.3 is 0 Å². The van der Waals surface area contributed by atoms with Gasteiger partial charge in [-0.15, -0.1) is 0 Å². The summed E-state index contributed by atoms with van der Waals surface area (Å²) in [5, 5.41) is 22.3. The van der Waals surface area contributed by atoms with Crippen LogP contribution in [0.25, 0.3) is 10.9 Å². The zero-order valence-corrected chi connectivity index (χ0v) is 11.8. The van der Waals surface area contributed by atoms with E-state index >= 15 is 0 Å². The van der Waals surface area contributed by atoms with E-state index in [0.29, 0.717) is 13.0 Å². The highest BCUT2D eigenvalue weighted by atomic mass is 16.5. The van der Waals surface area contributed by atoms with Crippen molar-refractivity contribution < 1.29 is 9.84 Å². The van der Waals surface area contributed by atoms with Crippen molar-refractivity contribution in [3.05, 3.63) is 30.0 Å². The van der Waals surface area contributed by atoms with E-state index < -0.39 is 6.04 Å². The molecule has 1 atom stereocenters. The number of aromatic nitrogens is 1. The first-order valence-electron chi connectivity index (χ1n) is 6.58. The van der Waals surface area contributed by atoms with Crippen molar-refractivity contribution in [3.8, 4) is 11.8 Å². The zero-order chi connectivity index (χ0) is 14.5. The monoisotopic (exact) mass is 273 g/mol. The number of rotatable bonds is 6. The Bertz CT molecular complexity index is 628. The largest absolute Gasteiger partial charge is 0.497 e. The smallest absolute Gasteiger partial charge is 0.123 e. The summed E-state index contributed by atoms with van der Waals surface area (Å²) in [6.07, 6.45) is 2.59. The summed E-state index contributed by atoms with van der Waals surface area (Å²) in [4.78, 5) is 0. The number of hydrogen-bond acceptors (Lipinski definition) is 4. The molecule has 20 heavy (non-hydrogen) atoms. The van der Waals surface area contributed by atoms with Gasteiger partial charge in [0.1, 0.15) is 11.8 Å². The van der Waals surface area contributed by atoms with E-state index in [1.807, 2.05) is 36.0 Å². The fourth-order valence-electron chi connectivity index (χ4n) is 2.31. The Morgan fingerprint density at radius 1 is 1.50 bits per heavy atom. The lowest BCUT2D eigenvalue weighted by atomic mass is 10.1. The van der Waals surface area contributed by atoms with Crippen molar-refractivity contribution >= 4 is 10.9 Å². The summed E-state index contributed by atoms with van der Waals surface area (Å²) in [7, 11) is 3.59. The van der Waals surface area contributed by atoms with Crippen LogP contribution in [0.2, 0.25) is 0 Å². The van der Waals surface area contributed by atoms with Crippen LogP contribution >= 0.6 is 0 Å². The average Bonchev–Trinajstić information content (AvgIpc) is 2.80. The summed E-state index contributed by atoms with van der Waals surface area (Å²) >= 11 is 0. The van der Waals surface area contributed by atoms with Gasteiger partial charge in [0.05, 0.1) is 13.2 Å². The lowest BCUT2D eigenvalue weighted by molar-refractivity contribution is 0.285. The number of fused-ring (bicyclic) bond motifs is 1. The molecule has 1 aromatic carbocycles. The van der Waals surface area contributed by atoms with E-state index in [2.05, 4.69) is 11.4 Å². The predicted molar refractivity (Wildman–Crippen MR) is 77.5 cm³/mol. The third-order valence-corrected chi connectivity index (χ3v) is 3.35. The molecule has 0 saturated carbocycles. The number of ether oxygens (including phenoxy) is 1. The van der Waals surface area contributed by atoms with Gasteiger partial charge < -0.3 is 14.4 Å². The molecule has 0 aliphatic rings. The summed E-state index contributed by atoms with van der Waals surface area (Å²) < 4.78 is 7.25. The second-order valence-electron chi connectivity index (χ2n) is 4.67. The first-order chi connectivity index (χ1) is 9.71. The Morgan fingerprint density at radius 3 is 2.95 bits per heavy atom. The van der Waals surface area contributed by atoms with Crippen LogP contribution in [-0.4, -0.2) is 29.9 Å². The number of aliphatic hydroxyl groups excluding tert-OH is 1. The highest BCUT2D eigenvalue weighted by molar-refractivity contribution is 5.86. The molecule has 0 saturated heterocycles. The molecule has 0 amide bonds. The fourth-order valence-corrected chi connectivity index (χ4v) is 2.31. The Kier molecular flexibility index (Phi) is 4.61. The number of aliphatic hydroxyl groups is 1. The molecule has 0 aliphatic heterocycles. The van der Waals surface area contributed by atoms with E-state index in [-0.39, 0.29) is 6.61 Å². The Labute approximate surface area is 118 Å². The van der Waals surface area contributed by atoms with Crippen LogP contribution in [0.4, 0.5) is 0 Å². The summed E-state index contributed by atoms with van der Waals surface area (Å²) in [6, 6.07) is 7.72. The van der Waals surface area contributed by atoms with E-state index in [1.54, 1.807) is 7.11 Å². The number of nitrogens with one attached hydrogen (secondary N) is 1. The van der Waals surface area contributed by atoms with E-state index in [9.17, 15) is 5.26 Å². The molecule has 1 unspecified atom stereocenters. The first kappa shape index (κ1) is 14.4. The molecule has 0 fully saturated rings. The minimum atomic E-state index is -0.391. The number of benzene rings is 1.